The van der Waals surface area contributed by atoms with Crippen LogP contribution >= 0.6 is 23.2 Å². The second-order valence-corrected chi connectivity index (χ2v) is 8.72. The number of alkyl halides is 2. The molecular formula is C22H36Cl2O4. The summed E-state index contributed by atoms with van der Waals surface area (Å²) in [6, 6.07) is 0. The highest BCUT2D eigenvalue weighted by Crippen LogP contribution is 2.39. The number of rotatable bonds is 14. The quantitative estimate of drug-likeness (QED) is 0.200. The Morgan fingerprint density at radius 3 is 2.64 bits per heavy atom. The number of halogens is 2. The predicted octanol–water partition coefficient (Wildman–Crippen LogP) is 5.14. The summed E-state index contributed by atoms with van der Waals surface area (Å²) in [4.78, 5) is 10.5. The van der Waals surface area contributed by atoms with Crippen LogP contribution in [0.3, 0.4) is 0 Å². The Hall–Kier alpha value is -0.550. The molecule has 6 atom stereocenters. The van der Waals surface area contributed by atoms with Crippen LogP contribution in [0.4, 0.5) is 0 Å². The first-order chi connectivity index (χ1) is 13.4. The van der Waals surface area contributed by atoms with E-state index in [1.54, 1.807) is 0 Å². The maximum absolute atomic E-state index is 10.5. The Balaban J connectivity index is 2.52. The summed E-state index contributed by atoms with van der Waals surface area (Å²) in [5, 5.41) is 29.4. The number of unbranched alkanes of at least 4 members (excludes halogenated alkanes) is 1. The summed E-state index contributed by atoms with van der Waals surface area (Å²) < 4.78 is 0. The van der Waals surface area contributed by atoms with E-state index in [0.29, 0.717) is 25.1 Å². The second-order valence-electron chi connectivity index (χ2n) is 7.78. The van der Waals surface area contributed by atoms with Crippen molar-refractivity contribution in [3.63, 3.8) is 0 Å². The van der Waals surface area contributed by atoms with Crippen molar-refractivity contribution in [3.05, 3.63) is 24.3 Å². The molecule has 0 saturated heterocycles. The number of aliphatic hydroxyl groups excluding tert-OH is 2. The van der Waals surface area contributed by atoms with Gasteiger partial charge in [-0.1, -0.05) is 37.6 Å². The Morgan fingerprint density at radius 2 is 2.00 bits per heavy atom. The molecule has 1 rings (SSSR count). The van der Waals surface area contributed by atoms with Crippen molar-refractivity contribution < 1.29 is 20.1 Å². The SMILES string of the molecule is CCC(CCCCl)[C@@H](O)C/C=C/[C@H]1[C@@H](C/C=C\CCCC(=O)O)[C@@H](Cl)C[C@H]1O. The average molecular weight is 435 g/mol. The van der Waals surface area contributed by atoms with E-state index in [0.717, 1.165) is 32.1 Å². The number of allylic oxidation sites excluding steroid dienone is 2. The first-order valence-electron chi connectivity index (χ1n) is 10.5. The van der Waals surface area contributed by atoms with Crippen molar-refractivity contribution in [1.29, 1.82) is 0 Å². The molecule has 0 heterocycles. The van der Waals surface area contributed by atoms with Crippen LogP contribution in [0, 0.1) is 17.8 Å². The highest BCUT2D eigenvalue weighted by atomic mass is 35.5. The van der Waals surface area contributed by atoms with Crippen molar-refractivity contribution in [1.82, 2.24) is 0 Å². The van der Waals surface area contributed by atoms with Gasteiger partial charge in [-0.15, -0.1) is 23.2 Å². The smallest absolute Gasteiger partial charge is 0.303 e. The van der Waals surface area contributed by atoms with Crippen LogP contribution in [0.1, 0.15) is 64.7 Å². The highest BCUT2D eigenvalue weighted by Gasteiger charge is 2.39. The van der Waals surface area contributed by atoms with Crippen LogP contribution in [0.5, 0.6) is 0 Å². The van der Waals surface area contributed by atoms with Gasteiger partial charge in [-0.3, -0.25) is 4.79 Å². The fraction of sp³-hybridized carbons (Fsp3) is 0.773. The standard InChI is InChI=1S/C22H36Cl2O4/c1-2-16(9-8-14-23)20(25)12-7-11-18-17(19(24)15-21(18)26)10-5-3-4-6-13-22(27)28/h3,5,7,11,16-21,25-26H,2,4,6,8-10,12-15H2,1H3,(H,27,28)/b5-3-,11-7+/t16?,17-,18+,19+,20+,21-/m1/s1. The van der Waals surface area contributed by atoms with Crippen molar-refractivity contribution in [2.24, 2.45) is 17.8 Å². The molecule has 1 saturated carbocycles. The molecular weight excluding hydrogens is 399 g/mol. The van der Waals surface area contributed by atoms with Gasteiger partial charge in [0.1, 0.15) is 0 Å². The molecule has 0 bridgehead atoms. The van der Waals surface area contributed by atoms with Gasteiger partial charge in [-0.2, -0.15) is 0 Å². The lowest BCUT2D eigenvalue weighted by Crippen LogP contribution is -2.20. The second kappa shape index (κ2) is 14.4. The molecule has 4 nitrogen and oxygen atoms in total. The molecule has 3 N–H and O–H groups in total. The Morgan fingerprint density at radius 1 is 1.25 bits per heavy atom. The summed E-state index contributed by atoms with van der Waals surface area (Å²) in [5.41, 5.74) is 0. The lowest BCUT2D eigenvalue weighted by molar-refractivity contribution is -0.137. The largest absolute Gasteiger partial charge is 0.481 e. The lowest BCUT2D eigenvalue weighted by Gasteiger charge is -2.21. The molecule has 0 radical (unpaired) electrons. The summed E-state index contributed by atoms with van der Waals surface area (Å²) in [6.07, 6.45) is 13.5. The molecule has 162 valence electrons. The van der Waals surface area contributed by atoms with Gasteiger partial charge >= 0.3 is 5.97 Å². The molecule has 1 aliphatic carbocycles. The molecule has 0 aromatic rings. The molecule has 28 heavy (non-hydrogen) atoms. The van der Waals surface area contributed by atoms with E-state index in [2.05, 4.69) is 13.0 Å². The van der Waals surface area contributed by atoms with Crippen LogP contribution in [-0.2, 0) is 4.79 Å². The minimum atomic E-state index is -0.770. The van der Waals surface area contributed by atoms with Crippen LogP contribution in [0.2, 0.25) is 0 Å². The highest BCUT2D eigenvalue weighted by molar-refractivity contribution is 6.21. The number of carboxylic acid groups (broad SMARTS) is 1. The summed E-state index contributed by atoms with van der Waals surface area (Å²) in [6.45, 7) is 2.09. The normalized spacial score (nSPS) is 27.6. The topological polar surface area (TPSA) is 77.8 Å². The van der Waals surface area contributed by atoms with E-state index < -0.39 is 12.1 Å². The third kappa shape index (κ3) is 9.30. The Kier molecular flexibility index (Phi) is 13.1. The van der Waals surface area contributed by atoms with Crippen LogP contribution in [-0.4, -0.2) is 44.8 Å². The number of aliphatic hydroxyl groups is 2. The number of aliphatic carboxylic acids is 1. The monoisotopic (exact) mass is 434 g/mol. The molecule has 6 heteroatoms. The molecule has 0 spiro atoms. The zero-order chi connectivity index (χ0) is 20.9. The number of hydrogen-bond acceptors (Lipinski definition) is 3. The van der Waals surface area contributed by atoms with E-state index in [1.807, 2.05) is 18.2 Å². The van der Waals surface area contributed by atoms with Gasteiger partial charge < -0.3 is 15.3 Å². The van der Waals surface area contributed by atoms with Gasteiger partial charge in [0.2, 0.25) is 0 Å². The van der Waals surface area contributed by atoms with Gasteiger partial charge in [0.15, 0.2) is 0 Å². The minimum Gasteiger partial charge on any atom is -0.481 e. The van der Waals surface area contributed by atoms with E-state index in [9.17, 15) is 15.0 Å². The predicted molar refractivity (Wildman–Crippen MR) is 116 cm³/mol. The van der Waals surface area contributed by atoms with E-state index >= 15 is 0 Å². The molecule has 0 amide bonds. The van der Waals surface area contributed by atoms with E-state index in [4.69, 9.17) is 28.3 Å². The van der Waals surface area contributed by atoms with Crippen molar-refractivity contribution in [2.75, 3.05) is 5.88 Å². The maximum atomic E-state index is 10.5. The molecule has 1 unspecified atom stereocenters. The van der Waals surface area contributed by atoms with Gasteiger partial charge in [0, 0.05) is 23.6 Å². The number of carbonyl (C=O) groups is 1. The van der Waals surface area contributed by atoms with Crippen LogP contribution in [0.25, 0.3) is 0 Å². The maximum Gasteiger partial charge on any atom is 0.303 e. The molecule has 0 aliphatic heterocycles. The first-order valence-corrected chi connectivity index (χ1v) is 11.5. The fourth-order valence-electron chi connectivity index (χ4n) is 3.98. The Labute approximate surface area is 179 Å². The van der Waals surface area contributed by atoms with Gasteiger partial charge in [0.05, 0.1) is 12.2 Å². The fourth-order valence-corrected chi connectivity index (χ4v) is 4.59. The third-order valence-electron chi connectivity index (χ3n) is 5.72. The van der Waals surface area contributed by atoms with Gasteiger partial charge in [-0.25, -0.2) is 0 Å². The third-order valence-corrected chi connectivity index (χ3v) is 6.49. The minimum absolute atomic E-state index is 0.0127. The Bertz CT molecular complexity index is 495. The molecule has 1 aliphatic rings. The molecule has 0 aromatic heterocycles. The van der Waals surface area contributed by atoms with Crippen molar-refractivity contribution in [2.45, 2.75) is 82.3 Å². The average Bonchev–Trinajstić information content (AvgIpc) is 2.91. The summed E-state index contributed by atoms with van der Waals surface area (Å²) in [7, 11) is 0. The van der Waals surface area contributed by atoms with E-state index in [-0.39, 0.29) is 35.7 Å². The van der Waals surface area contributed by atoms with E-state index in [1.165, 1.54) is 0 Å². The van der Waals surface area contributed by atoms with Crippen molar-refractivity contribution in [3.8, 4) is 0 Å². The lowest BCUT2D eigenvalue weighted by atomic mass is 9.89. The zero-order valence-electron chi connectivity index (χ0n) is 16.9. The number of hydrogen-bond donors (Lipinski definition) is 3. The summed E-state index contributed by atoms with van der Waals surface area (Å²) in [5.74, 6) is 0.242. The summed E-state index contributed by atoms with van der Waals surface area (Å²) >= 11 is 12.2. The molecule has 0 aromatic carbocycles. The first kappa shape index (κ1) is 25.5. The van der Waals surface area contributed by atoms with Gasteiger partial charge in [0.25, 0.3) is 0 Å². The van der Waals surface area contributed by atoms with Crippen molar-refractivity contribution >= 4 is 29.2 Å². The van der Waals surface area contributed by atoms with Crippen LogP contribution in [0.15, 0.2) is 24.3 Å². The molecule has 1 fully saturated rings. The van der Waals surface area contributed by atoms with Gasteiger partial charge in [-0.05, 0) is 56.8 Å². The number of carboxylic acids is 1. The van der Waals surface area contributed by atoms with Crippen LogP contribution < -0.4 is 0 Å². The zero-order valence-corrected chi connectivity index (χ0v) is 18.4.